The minimum atomic E-state index is -0.0115. The van der Waals surface area contributed by atoms with Gasteiger partial charge in [0.25, 0.3) is 0 Å². The molecule has 4 rings (SSSR count). The van der Waals surface area contributed by atoms with Gasteiger partial charge in [0, 0.05) is 41.1 Å². The summed E-state index contributed by atoms with van der Waals surface area (Å²) in [5.74, 6) is -0.0115. The number of nitrogens with zero attached hydrogens (tertiary/aromatic N) is 1. The highest BCUT2D eigenvalue weighted by molar-refractivity contribution is 7.16. The minimum absolute atomic E-state index is 0.0115. The Morgan fingerprint density at radius 1 is 1.07 bits per heavy atom. The van der Waals surface area contributed by atoms with Crippen LogP contribution >= 0.6 is 11.3 Å². The molecule has 5 heteroatoms. The van der Waals surface area contributed by atoms with Gasteiger partial charge in [0.05, 0.1) is 0 Å². The van der Waals surface area contributed by atoms with Crippen molar-refractivity contribution in [1.29, 1.82) is 0 Å². The Hall–Kier alpha value is -1.95. The van der Waals surface area contributed by atoms with Gasteiger partial charge in [0.15, 0.2) is 0 Å². The van der Waals surface area contributed by atoms with E-state index in [0.29, 0.717) is 6.54 Å². The van der Waals surface area contributed by atoms with Gasteiger partial charge in [-0.3, -0.25) is 9.69 Å². The van der Waals surface area contributed by atoms with E-state index in [1.54, 1.807) is 17.4 Å². The maximum absolute atomic E-state index is 12.5. The van der Waals surface area contributed by atoms with Gasteiger partial charge in [0.1, 0.15) is 0 Å². The van der Waals surface area contributed by atoms with Crippen LogP contribution in [0.3, 0.4) is 0 Å². The Morgan fingerprint density at radius 2 is 1.83 bits per heavy atom. The van der Waals surface area contributed by atoms with E-state index in [9.17, 15) is 4.79 Å². The van der Waals surface area contributed by atoms with Crippen molar-refractivity contribution in [3.8, 4) is 10.4 Å². The van der Waals surface area contributed by atoms with E-state index in [4.69, 9.17) is 4.74 Å². The monoisotopic (exact) mass is 410 g/mol. The smallest absolute Gasteiger partial charge is 0.244 e. The molecule has 154 valence electrons. The lowest BCUT2D eigenvalue weighted by Gasteiger charge is -2.48. The van der Waals surface area contributed by atoms with Crippen LogP contribution in [0.15, 0.2) is 48.5 Å². The molecule has 2 aliphatic rings. The molecule has 2 aromatic rings. The molecule has 0 spiro atoms. The van der Waals surface area contributed by atoms with Crippen molar-refractivity contribution in [3.63, 3.8) is 0 Å². The summed E-state index contributed by atoms with van der Waals surface area (Å²) < 4.78 is 5.61. The Balaban J connectivity index is 1.35. The fourth-order valence-corrected chi connectivity index (χ4v) is 5.31. The molecule has 0 atom stereocenters. The van der Waals surface area contributed by atoms with Gasteiger partial charge in [-0.2, -0.15) is 0 Å². The summed E-state index contributed by atoms with van der Waals surface area (Å²) >= 11 is 1.70. The largest absolute Gasteiger partial charge is 0.381 e. The van der Waals surface area contributed by atoms with E-state index in [1.165, 1.54) is 29.7 Å². The van der Waals surface area contributed by atoms with Crippen molar-refractivity contribution < 1.29 is 9.53 Å². The molecule has 4 nitrogen and oxygen atoms in total. The molecule has 0 saturated carbocycles. The quantitative estimate of drug-likeness (QED) is 0.709. The van der Waals surface area contributed by atoms with Crippen LogP contribution in [0.1, 0.15) is 37.0 Å². The molecule has 1 amide bonds. The standard InChI is InChI=1S/C24H30N2O2S/c27-23(12-10-21-9-11-22(29-21)20-7-3-1-4-8-20)25-19-24(13-17-28-18-14-24)26-15-5-2-6-16-26/h1,3-4,7-12H,2,5-6,13-19H2,(H,25,27). The second-order valence-electron chi connectivity index (χ2n) is 8.00. The lowest BCUT2D eigenvalue weighted by atomic mass is 9.86. The summed E-state index contributed by atoms with van der Waals surface area (Å²) in [7, 11) is 0. The number of nitrogens with one attached hydrogen (secondary N) is 1. The number of carbonyl (C=O) groups excluding carboxylic acids is 1. The predicted molar refractivity (Wildman–Crippen MR) is 120 cm³/mol. The number of hydrogen-bond acceptors (Lipinski definition) is 4. The van der Waals surface area contributed by atoms with E-state index < -0.39 is 0 Å². The lowest BCUT2D eigenvalue weighted by Crippen LogP contribution is -2.59. The number of hydrogen-bond donors (Lipinski definition) is 1. The Bertz CT molecular complexity index is 818. The van der Waals surface area contributed by atoms with Crippen molar-refractivity contribution in [3.05, 3.63) is 53.4 Å². The van der Waals surface area contributed by atoms with Crippen molar-refractivity contribution in [2.45, 2.75) is 37.6 Å². The second kappa shape index (κ2) is 9.70. The van der Waals surface area contributed by atoms with Gasteiger partial charge in [0.2, 0.25) is 5.91 Å². The molecule has 2 aliphatic heterocycles. The molecule has 29 heavy (non-hydrogen) atoms. The molecule has 0 radical (unpaired) electrons. The highest BCUT2D eigenvalue weighted by Gasteiger charge is 2.38. The number of rotatable bonds is 6. The second-order valence-corrected chi connectivity index (χ2v) is 9.12. The maximum atomic E-state index is 12.5. The van der Waals surface area contributed by atoms with Gasteiger partial charge >= 0.3 is 0 Å². The highest BCUT2D eigenvalue weighted by Crippen LogP contribution is 2.31. The maximum Gasteiger partial charge on any atom is 0.244 e. The summed E-state index contributed by atoms with van der Waals surface area (Å²) in [6.45, 7) is 4.57. The third-order valence-corrected chi connectivity index (χ3v) is 7.23. The number of piperidine rings is 1. The first-order chi connectivity index (χ1) is 14.3. The summed E-state index contributed by atoms with van der Waals surface area (Å²) in [6.07, 6.45) is 9.44. The van der Waals surface area contributed by atoms with E-state index in [-0.39, 0.29) is 11.4 Å². The van der Waals surface area contributed by atoms with Gasteiger partial charge in [-0.25, -0.2) is 0 Å². The molecule has 1 N–H and O–H groups in total. The first-order valence-corrected chi connectivity index (χ1v) is 11.5. The van der Waals surface area contributed by atoms with Crippen LogP contribution in [-0.2, 0) is 9.53 Å². The summed E-state index contributed by atoms with van der Waals surface area (Å²) in [5, 5.41) is 3.18. The number of carbonyl (C=O) groups is 1. The number of likely N-dealkylation sites (tertiary alicyclic amines) is 1. The van der Waals surface area contributed by atoms with E-state index in [2.05, 4.69) is 34.5 Å². The molecule has 2 saturated heterocycles. The zero-order valence-electron chi connectivity index (χ0n) is 16.9. The van der Waals surface area contributed by atoms with Crippen molar-refractivity contribution in [2.24, 2.45) is 0 Å². The van der Waals surface area contributed by atoms with Gasteiger partial charge < -0.3 is 10.1 Å². The van der Waals surface area contributed by atoms with Crippen LogP contribution in [0.5, 0.6) is 0 Å². The Labute approximate surface area is 177 Å². The molecule has 0 aliphatic carbocycles. The molecule has 3 heterocycles. The van der Waals surface area contributed by atoms with E-state index >= 15 is 0 Å². The first-order valence-electron chi connectivity index (χ1n) is 10.7. The average molecular weight is 411 g/mol. The van der Waals surface area contributed by atoms with Crippen LogP contribution in [0.4, 0.5) is 0 Å². The molecule has 2 fully saturated rings. The van der Waals surface area contributed by atoms with Crippen molar-refractivity contribution in [1.82, 2.24) is 10.2 Å². The normalized spacial score (nSPS) is 20.0. The number of thiophene rings is 1. The number of benzene rings is 1. The topological polar surface area (TPSA) is 41.6 Å². The minimum Gasteiger partial charge on any atom is -0.381 e. The zero-order valence-corrected chi connectivity index (χ0v) is 17.8. The highest BCUT2D eigenvalue weighted by atomic mass is 32.1. The lowest BCUT2D eigenvalue weighted by molar-refractivity contribution is -0.118. The van der Waals surface area contributed by atoms with Crippen LogP contribution in [0.25, 0.3) is 16.5 Å². The van der Waals surface area contributed by atoms with E-state index in [0.717, 1.165) is 44.0 Å². The Morgan fingerprint density at radius 3 is 2.59 bits per heavy atom. The Kier molecular flexibility index (Phi) is 6.80. The van der Waals surface area contributed by atoms with Crippen LogP contribution in [0, 0.1) is 0 Å². The van der Waals surface area contributed by atoms with Gasteiger partial charge in [-0.1, -0.05) is 36.8 Å². The summed E-state index contributed by atoms with van der Waals surface area (Å²) in [4.78, 5) is 17.4. The predicted octanol–water partition coefficient (Wildman–Crippen LogP) is 4.58. The molecular weight excluding hydrogens is 380 g/mol. The summed E-state index contributed by atoms with van der Waals surface area (Å²) in [6, 6.07) is 14.5. The van der Waals surface area contributed by atoms with Crippen molar-refractivity contribution >= 4 is 23.3 Å². The third-order valence-electron chi connectivity index (χ3n) is 6.13. The van der Waals surface area contributed by atoms with Gasteiger partial charge in [-0.15, -0.1) is 11.3 Å². The molecule has 1 aromatic carbocycles. The van der Waals surface area contributed by atoms with Gasteiger partial charge in [-0.05, 0) is 62.5 Å². The summed E-state index contributed by atoms with van der Waals surface area (Å²) in [5.41, 5.74) is 1.27. The number of ether oxygens (including phenoxy) is 1. The first kappa shape index (κ1) is 20.3. The molecule has 1 aromatic heterocycles. The SMILES string of the molecule is O=C(C=Cc1ccc(-c2ccccc2)s1)NCC1(N2CCCCC2)CCOCC1. The fraction of sp³-hybridized carbons (Fsp3) is 0.458. The zero-order chi connectivity index (χ0) is 19.9. The van der Waals surface area contributed by atoms with Crippen LogP contribution in [0.2, 0.25) is 0 Å². The van der Waals surface area contributed by atoms with Crippen molar-refractivity contribution in [2.75, 3.05) is 32.8 Å². The fourth-order valence-electron chi connectivity index (χ4n) is 4.39. The van der Waals surface area contributed by atoms with Crippen LogP contribution < -0.4 is 5.32 Å². The number of amides is 1. The molecular formula is C24H30N2O2S. The molecule has 0 bridgehead atoms. The average Bonchev–Trinajstić information content (AvgIpc) is 3.27. The van der Waals surface area contributed by atoms with Crippen LogP contribution in [-0.4, -0.2) is 49.2 Å². The molecule has 0 unspecified atom stereocenters. The third kappa shape index (κ3) is 5.16. The van der Waals surface area contributed by atoms with E-state index in [1.807, 2.05) is 24.3 Å².